The molecule has 1 aliphatic carbocycles. The minimum Gasteiger partial charge on any atom is -0.464 e. The van der Waals surface area contributed by atoms with Gasteiger partial charge in [0.25, 0.3) is 0 Å². The molecule has 6 heteroatoms. The molecule has 0 radical (unpaired) electrons. The van der Waals surface area contributed by atoms with Crippen molar-refractivity contribution in [1.82, 2.24) is 4.90 Å². The molecule has 3 atom stereocenters. The van der Waals surface area contributed by atoms with Crippen molar-refractivity contribution < 1.29 is 23.9 Å². The van der Waals surface area contributed by atoms with Gasteiger partial charge in [-0.2, -0.15) is 0 Å². The lowest BCUT2D eigenvalue weighted by atomic mass is 9.98. The van der Waals surface area contributed by atoms with Gasteiger partial charge in [0, 0.05) is 12.5 Å². The lowest BCUT2D eigenvalue weighted by Crippen LogP contribution is -2.53. The molecule has 1 heterocycles. The molecule has 6 nitrogen and oxygen atoms in total. The van der Waals surface area contributed by atoms with E-state index in [4.69, 9.17) is 9.47 Å². The van der Waals surface area contributed by atoms with Gasteiger partial charge in [-0.15, -0.1) is 0 Å². The fourth-order valence-electron chi connectivity index (χ4n) is 2.91. The summed E-state index contributed by atoms with van der Waals surface area (Å²) in [5.74, 6) is -0.918. The number of fused-ring (bicyclic) bond motifs is 2. The number of carbonyl (C=O) groups excluding carboxylic acids is 3. The van der Waals surface area contributed by atoms with Gasteiger partial charge >= 0.3 is 12.1 Å². The largest absolute Gasteiger partial charge is 0.464 e. The Hall–Kier alpha value is -1.59. The SMILES string of the molecule is CCOC(=O)[C@@H]1[C@@H]2C[C@H](CC2=O)N1C(=O)OC(C)(C)C. The number of Topliss-reactive ketones (excluding diaryl/α,β-unsaturated/α-hetero) is 1. The maximum atomic E-state index is 12.3. The van der Waals surface area contributed by atoms with Crippen LogP contribution < -0.4 is 0 Å². The van der Waals surface area contributed by atoms with Crippen molar-refractivity contribution >= 4 is 17.8 Å². The van der Waals surface area contributed by atoms with Crippen LogP contribution in [0.15, 0.2) is 0 Å². The maximum absolute atomic E-state index is 12.3. The van der Waals surface area contributed by atoms with Gasteiger partial charge in [0.05, 0.1) is 12.5 Å². The molecule has 1 saturated heterocycles. The van der Waals surface area contributed by atoms with E-state index in [0.29, 0.717) is 12.8 Å². The second-order valence-corrected chi connectivity index (χ2v) is 6.25. The highest BCUT2D eigenvalue weighted by Gasteiger charge is 2.57. The highest BCUT2D eigenvalue weighted by molar-refractivity contribution is 5.95. The van der Waals surface area contributed by atoms with E-state index >= 15 is 0 Å². The molecule has 0 aromatic carbocycles. The van der Waals surface area contributed by atoms with E-state index in [0.717, 1.165) is 0 Å². The van der Waals surface area contributed by atoms with Crippen molar-refractivity contribution in [2.24, 2.45) is 5.92 Å². The Morgan fingerprint density at radius 2 is 2.00 bits per heavy atom. The van der Waals surface area contributed by atoms with E-state index in [1.165, 1.54) is 4.90 Å². The fourth-order valence-corrected chi connectivity index (χ4v) is 2.91. The highest BCUT2D eigenvalue weighted by Crippen LogP contribution is 2.41. The Morgan fingerprint density at radius 1 is 1.35 bits per heavy atom. The predicted octanol–water partition coefficient (Wildman–Crippen LogP) is 1.52. The number of carbonyl (C=O) groups is 3. The molecule has 0 unspecified atom stereocenters. The summed E-state index contributed by atoms with van der Waals surface area (Å²) < 4.78 is 10.3. The molecule has 1 amide bonds. The average Bonchev–Trinajstić information content (AvgIpc) is 2.82. The van der Waals surface area contributed by atoms with E-state index in [1.54, 1.807) is 27.7 Å². The molecule has 0 aromatic rings. The first kappa shape index (κ1) is 14.8. The number of amides is 1. The third kappa shape index (κ3) is 2.64. The molecule has 1 saturated carbocycles. The highest BCUT2D eigenvalue weighted by atomic mass is 16.6. The molecule has 2 rings (SSSR count). The van der Waals surface area contributed by atoms with Crippen molar-refractivity contribution in [3.8, 4) is 0 Å². The van der Waals surface area contributed by atoms with Gasteiger partial charge in [-0.3, -0.25) is 9.69 Å². The Morgan fingerprint density at radius 3 is 2.55 bits per heavy atom. The fraction of sp³-hybridized carbons (Fsp3) is 0.786. The standard InChI is InChI=1S/C14H21NO5/c1-5-19-12(17)11-9-6-8(7-10(9)16)15(11)13(18)20-14(2,3)4/h8-9,11H,5-7H2,1-4H3/t8-,9-,11+/m1/s1. The number of piperidine rings is 1. The molecule has 112 valence electrons. The molecule has 2 fully saturated rings. The number of ether oxygens (including phenoxy) is 2. The van der Waals surface area contributed by atoms with Crippen LogP contribution in [-0.4, -0.2) is 47.0 Å². The quantitative estimate of drug-likeness (QED) is 0.718. The number of rotatable bonds is 2. The summed E-state index contributed by atoms with van der Waals surface area (Å²) in [5.41, 5.74) is -0.637. The Bertz CT molecular complexity index is 439. The van der Waals surface area contributed by atoms with Crippen LogP contribution in [0.5, 0.6) is 0 Å². The van der Waals surface area contributed by atoms with Gasteiger partial charge in [-0.25, -0.2) is 9.59 Å². The number of nitrogens with zero attached hydrogens (tertiary/aromatic N) is 1. The van der Waals surface area contributed by atoms with E-state index in [2.05, 4.69) is 0 Å². The lowest BCUT2D eigenvalue weighted by molar-refractivity contribution is -0.153. The average molecular weight is 283 g/mol. The molecule has 2 aliphatic rings. The number of esters is 1. The first-order chi connectivity index (χ1) is 9.24. The number of hydrogen-bond acceptors (Lipinski definition) is 5. The van der Waals surface area contributed by atoms with Gasteiger partial charge in [0.2, 0.25) is 0 Å². The Labute approximate surface area is 118 Å². The number of hydrogen-bond donors (Lipinski definition) is 0. The Kier molecular flexibility index (Phi) is 3.75. The van der Waals surface area contributed by atoms with Crippen LogP contribution in [0.3, 0.4) is 0 Å². The molecule has 0 N–H and O–H groups in total. The zero-order valence-corrected chi connectivity index (χ0v) is 12.3. The third-order valence-corrected chi connectivity index (χ3v) is 3.58. The van der Waals surface area contributed by atoms with E-state index in [-0.39, 0.29) is 18.4 Å². The summed E-state index contributed by atoms with van der Waals surface area (Å²) in [7, 11) is 0. The first-order valence-corrected chi connectivity index (χ1v) is 6.95. The Balaban J connectivity index is 2.19. The molecular weight excluding hydrogens is 262 g/mol. The minimum absolute atomic E-state index is 0.0351. The summed E-state index contributed by atoms with van der Waals surface area (Å²) in [6.07, 6.45) is 0.289. The van der Waals surface area contributed by atoms with Crippen LogP contribution in [0.1, 0.15) is 40.5 Å². The lowest BCUT2D eigenvalue weighted by Gasteiger charge is -2.34. The van der Waals surface area contributed by atoms with Crippen molar-refractivity contribution in [3.05, 3.63) is 0 Å². The molecule has 0 spiro atoms. The van der Waals surface area contributed by atoms with Crippen LogP contribution in [-0.2, 0) is 19.1 Å². The van der Waals surface area contributed by atoms with Crippen molar-refractivity contribution in [1.29, 1.82) is 0 Å². The predicted molar refractivity (Wildman–Crippen MR) is 70.0 cm³/mol. The second kappa shape index (κ2) is 5.07. The summed E-state index contributed by atoms with van der Waals surface area (Å²) >= 11 is 0. The summed E-state index contributed by atoms with van der Waals surface area (Å²) in [6.45, 7) is 7.23. The van der Waals surface area contributed by atoms with Crippen molar-refractivity contribution in [2.75, 3.05) is 6.61 Å². The number of ketones is 1. The first-order valence-electron chi connectivity index (χ1n) is 6.95. The summed E-state index contributed by atoms with van der Waals surface area (Å²) in [6, 6.07) is -1.06. The molecular formula is C14H21NO5. The smallest absolute Gasteiger partial charge is 0.411 e. The van der Waals surface area contributed by atoms with Crippen molar-refractivity contribution in [2.45, 2.75) is 58.2 Å². The van der Waals surface area contributed by atoms with Crippen LogP contribution in [0.25, 0.3) is 0 Å². The van der Waals surface area contributed by atoms with Gasteiger partial charge in [0.1, 0.15) is 17.4 Å². The molecule has 0 aromatic heterocycles. The molecule has 20 heavy (non-hydrogen) atoms. The summed E-state index contributed by atoms with van der Waals surface area (Å²) in [4.78, 5) is 37.5. The second-order valence-electron chi connectivity index (χ2n) is 6.25. The minimum atomic E-state index is -0.823. The van der Waals surface area contributed by atoms with Crippen LogP contribution in [0.2, 0.25) is 0 Å². The van der Waals surface area contributed by atoms with Gasteiger partial charge in [0.15, 0.2) is 0 Å². The van der Waals surface area contributed by atoms with Crippen LogP contribution >= 0.6 is 0 Å². The maximum Gasteiger partial charge on any atom is 0.411 e. The normalized spacial score (nSPS) is 28.7. The van der Waals surface area contributed by atoms with Crippen LogP contribution in [0.4, 0.5) is 4.79 Å². The van der Waals surface area contributed by atoms with E-state index in [1.807, 2.05) is 0 Å². The zero-order valence-electron chi connectivity index (χ0n) is 12.3. The van der Waals surface area contributed by atoms with Gasteiger partial charge in [-0.1, -0.05) is 0 Å². The van der Waals surface area contributed by atoms with Gasteiger partial charge in [-0.05, 0) is 34.1 Å². The third-order valence-electron chi connectivity index (χ3n) is 3.58. The zero-order chi connectivity index (χ0) is 15.1. The topological polar surface area (TPSA) is 72.9 Å². The van der Waals surface area contributed by atoms with Gasteiger partial charge < -0.3 is 9.47 Å². The van der Waals surface area contributed by atoms with Crippen molar-refractivity contribution in [3.63, 3.8) is 0 Å². The van der Waals surface area contributed by atoms with Crippen LogP contribution in [0, 0.1) is 5.92 Å². The summed E-state index contributed by atoms with van der Waals surface area (Å²) in [5, 5.41) is 0. The van der Waals surface area contributed by atoms with E-state index < -0.39 is 29.6 Å². The number of likely N-dealkylation sites (tertiary alicyclic amines) is 1. The van der Waals surface area contributed by atoms with E-state index in [9.17, 15) is 14.4 Å². The molecule has 1 aliphatic heterocycles. The monoisotopic (exact) mass is 283 g/mol. The molecule has 2 bridgehead atoms.